The predicted octanol–water partition coefficient (Wildman–Crippen LogP) is 1.06. The van der Waals surface area contributed by atoms with Crippen LogP contribution in [0.1, 0.15) is 0 Å². The lowest BCUT2D eigenvalue weighted by Crippen LogP contribution is -2.46. The minimum Gasteiger partial charge on any atom is -0.376 e. The first-order chi connectivity index (χ1) is 6.24. The molecule has 0 aliphatic rings. The molecule has 13 heavy (non-hydrogen) atoms. The molecule has 76 valence electrons. The second-order valence-corrected chi connectivity index (χ2v) is 6.79. The van der Waals surface area contributed by atoms with E-state index in [0.717, 1.165) is 5.75 Å². The van der Waals surface area contributed by atoms with Crippen LogP contribution in [0.5, 0.6) is 0 Å². The summed E-state index contributed by atoms with van der Waals surface area (Å²) in [7, 11) is 2.37. The molecule has 0 unspecified atom stereocenters. The molecule has 0 spiro atoms. The highest BCUT2D eigenvalue weighted by molar-refractivity contribution is 8.00. The van der Waals surface area contributed by atoms with Gasteiger partial charge in [0.15, 0.2) is 0 Å². The molecule has 6 heteroatoms. The van der Waals surface area contributed by atoms with Crippen molar-refractivity contribution in [2.75, 3.05) is 39.0 Å². The van der Waals surface area contributed by atoms with Crippen LogP contribution in [0.2, 0.25) is 0 Å². The molecule has 0 atom stereocenters. The van der Waals surface area contributed by atoms with Crippen LogP contribution in [0, 0.1) is 6.57 Å². The largest absolute Gasteiger partial charge is 0.510 e. The van der Waals surface area contributed by atoms with E-state index < -0.39 is 8.80 Å². The fourth-order valence-electron chi connectivity index (χ4n) is 0.734. The lowest BCUT2D eigenvalue weighted by atomic mass is 10.8. The van der Waals surface area contributed by atoms with Crippen LogP contribution in [0.15, 0.2) is 0 Å². The van der Waals surface area contributed by atoms with E-state index in [0.29, 0.717) is 11.9 Å². The average molecular weight is 221 g/mol. The van der Waals surface area contributed by atoms with Crippen molar-refractivity contribution in [3.63, 3.8) is 0 Å². The summed E-state index contributed by atoms with van der Waals surface area (Å²) in [6.45, 7) is 7.13. The first-order valence-corrected chi connectivity index (χ1v) is 6.89. The van der Waals surface area contributed by atoms with Crippen molar-refractivity contribution >= 4 is 20.6 Å². The first-order valence-electron chi connectivity index (χ1n) is 3.81. The summed E-state index contributed by atoms with van der Waals surface area (Å²) >= 11 is 1.63. The smallest absolute Gasteiger partial charge is 0.376 e. The quantitative estimate of drug-likeness (QED) is 0.365. The summed E-state index contributed by atoms with van der Waals surface area (Å²) in [6.07, 6.45) is 0. The molecule has 0 aromatic rings. The Kier molecular flexibility index (Phi) is 7.32. The maximum Gasteiger partial charge on any atom is 0.510 e. The van der Waals surface area contributed by atoms with Crippen LogP contribution in [0.25, 0.3) is 4.85 Å². The van der Waals surface area contributed by atoms with Crippen LogP contribution in [0.4, 0.5) is 0 Å². The van der Waals surface area contributed by atoms with Gasteiger partial charge in [0.05, 0.1) is 11.1 Å². The highest BCUT2D eigenvalue weighted by Crippen LogP contribution is 2.13. The van der Waals surface area contributed by atoms with Crippen molar-refractivity contribution in [1.82, 2.24) is 0 Å². The third-order valence-corrected chi connectivity index (χ3v) is 6.13. The third kappa shape index (κ3) is 4.64. The standard InChI is InChI=1S/C7H15NO3SSi/c1-8-5-6-12-7-13(9-2,10-3)11-4/h5-7H2,2-4H3. The molecule has 0 saturated heterocycles. The fourth-order valence-corrected chi connectivity index (χ4v) is 4.45. The van der Waals surface area contributed by atoms with Crippen molar-refractivity contribution in [2.45, 2.75) is 0 Å². The van der Waals surface area contributed by atoms with Crippen molar-refractivity contribution in [2.24, 2.45) is 0 Å². The number of hydrogen-bond donors (Lipinski definition) is 0. The Morgan fingerprint density at radius 2 is 1.77 bits per heavy atom. The van der Waals surface area contributed by atoms with E-state index in [1.807, 2.05) is 0 Å². The van der Waals surface area contributed by atoms with Gasteiger partial charge in [0, 0.05) is 21.3 Å². The zero-order valence-electron chi connectivity index (χ0n) is 8.20. The fraction of sp³-hybridized carbons (Fsp3) is 0.857. The molecule has 0 radical (unpaired) electrons. The van der Waals surface area contributed by atoms with Crippen LogP contribution in [-0.2, 0) is 13.3 Å². The minimum atomic E-state index is -2.41. The number of thioether (sulfide) groups is 1. The van der Waals surface area contributed by atoms with Gasteiger partial charge < -0.3 is 18.1 Å². The summed E-state index contributed by atoms with van der Waals surface area (Å²) in [5, 5.41) is 0.700. The first kappa shape index (κ1) is 12.9. The maximum atomic E-state index is 6.60. The molecular weight excluding hydrogens is 206 g/mol. The van der Waals surface area contributed by atoms with Crippen molar-refractivity contribution in [3.05, 3.63) is 11.4 Å². The molecule has 0 aliphatic carbocycles. The van der Waals surface area contributed by atoms with E-state index in [1.165, 1.54) is 0 Å². The van der Waals surface area contributed by atoms with E-state index in [4.69, 9.17) is 19.9 Å². The average Bonchev–Trinajstić information content (AvgIpc) is 2.20. The molecule has 0 bridgehead atoms. The van der Waals surface area contributed by atoms with Crippen LogP contribution in [0.3, 0.4) is 0 Å². The highest BCUT2D eigenvalue weighted by atomic mass is 32.2. The molecule has 0 N–H and O–H groups in total. The van der Waals surface area contributed by atoms with Gasteiger partial charge >= 0.3 is 8.80 Å². The Balaban J connectivity index is 3.76. The van der Waals surface area contributed by atoms with Crippen molar-refractivity contribution < 1.29 is 13.3 Å². The molecule has 0 rings (SSSR count). The van der Waals surface area contributed by atoms with E-state index in [9.17, 15) is 0 Å². The Morgan fingerprint density at radius 3 is 2.15 bits per heavy atom. The molecular formula is C7H15NO3SSi. The molecule has 0 saturated carbocycles. The number of nitrogens with zero attached hydrogens (tertiary/aromatic N) is 1. The van der Waals surface area contributed by atoms with Gasteiger partial charge in [-0.15, -0.1) is 11.8 Å². The SMILES string of the molecule is [C-]#[N+]CCSC[Si](OC)(OC)OC. The molecule has 0 aromatic carbocycles. The topological polar surface area (TPSA) is 32.0 Å². The highest BCUT2D eigenvalue weighted by Gasteiger charge is 2.37. The van der Waals surface area contributed by atoms with Gasteiger partial charge in [0.1, 0.15) is 0 Å². The Hall–Kier alpha value is -0.0631. The summed E-state index contributed by atoms with van der Waals surface area (Å²) in [5.74, 6) is 0.800. The Morgan fingerprint density at radius 1 is 1.23 bits per heavy atom. The second kappa shape index (κ2) is 7.35. The lowest BCUT2D eigenvalue weighted by Gasteiger charge is -2.23. The van der Waals surface area contributed by atoms with Gasteiger partial charge in [-0.2, -0.15) is 0 Å². The summed E-state index contributed by atoms with van der Waals surface area (Å²) in [6, 6.07) is 0. The van der Waals surface area contributed by atoms with E-state index in [-0.39, 0.29) is 0 Å². The molecule has 0 fully saturated rings. The third-order valence-electron chi connectivity index (χ3n) is 1.56. The summed E-state index contributed by atoms with van der Waals surface area (Å²) in [4.78, 5) is 3.25. The maximum absolute atomic E-state index is 6.60. The molecule has 0 aliphatic heterocycles. The van der Waals surface area contributed by atoms with Crippen LogP contribution in [-0.4, -0.2) is 47.8 Å². The van der Waals surface area contributed by atoms with Crippen LogP contribution >= 0.6 is 11.8 Å². The van der Waals surface area contributed by atoms with E-state index >= 15 is 0 Å². The van der Waals surface area contributed by atoms with E-state index in [1.54, 1.807) is 33.1 Å². The number of rotatable bonds is 7. The van der Waals surface area contributed by atoms with E-state index in [2.05, 4.69) is 4.85 Å². The number of hydrogen-bond acceptors (Lipinski definition) is 4. The molecule has 0 aromatic heterocycles. The van der Waals surface area contributed by atoms with Crippen molar-refractivity contribution in [3.8, 4) is 0 Å². The van der Waals surface area contributed by atoms with Gasteiger partial charge in [-0.3, -0.25) is 0 Å². The Bertz CT molecular complexity index is 161. The Labute approximate surface area is 84.7 Å². The second-order valence-electron chi connectivity index (χ2n) is 2.23. The van der Waals surface area contributed by atoms with Crippen LogP contribution < -0.4 is 0 Å². The van der Waals surface area contributed by atoms with Crippen molar-refractivity contribution in [1.29, 1.82) is 0 Å². The normalized spacial score (nSPS) is 11.2. The minimum absolute atomic E-state index is 0.534. The zero-order chi connectivity index (χ0) is 10.2. The van der Waals surface area contributed by atoms with Gasteiger partial charge in [0.25, 0.3) is 0 Å². The molecule has 0 amide bonds. The predicted molar refractivity (Wildman–Crippen MR) is 55.6 cm³/mol. The lowest BCUT2D eigenvalue weighted by molar-refractivity contribution is 0.130. The summed E-state index contributed by atoms with van der Waals surface area (Å²) in [5.41, 5.74) is 0. The zero-order valence-corrected chi connectivity index (χ0v) is 10.0. The van der Waals surface area contributed by atoms with Gasteiger partial charge in [-0.1, -0.05) is 0 Å². The van der Waals surface area contributed by atoms with Gasteiger partial charge in [-0.25, -0.2) is 6.57 Å². The molecule has 4 nitrogen and oxygen atoms in total. The molecule has 0 heterocycles. The van der Waals surface area contributed by atoms with Gasteiger partial charge in [-0.05, 0) is 0 Å². The monoisotopic (exact) mass is 221 g/mol. The summed E-state index contributed by atoms with van der Waals surface area (Å²) < 4.78 is 15.6. The van der Waals surface area contributed by atoms with Gasteiger partial charge in [0.2, 0.25) is 6.54 Å².